The molecule has 0 aliphatic carbocycles. The molecule has 1 saturated heterocycles. The summed E-state index contributed by atoms with van der Waals surface area (Å²) in [6.45, 7) is 3.04. The molecule has 0 saturated carbocycles. The number of sulfonamides is 1. The van der Waals surface area contributed by atoms with Crippen LogP contribution in [0.25, 0.3) is 10.8 Å². The summed E-state index contributed by atoms with van der Waals surface area (Å²) in [6.07, 6.45) is 1.62. The molecule has 1 aliphatic rings. The van der Waals surface area contributed by atoms with Crippen LogP contribution in [-0.2, 0) is 10.0 Å². The van der Waals surface area contributed by atoms with Gasteiger partial charge in [-0.25, -0.2) is 8.42 Å². The molecule has 2 aromatic carbocycles. The van der Waals surface area contributed by atoms with Gasteiger partial charge in [0.2, 0.25) is 10.0 Å². The van der Waals surface area contributed by atoms with Crippen LogP contribution >= 0.6 is 12.4 Å². The number of rotatable bonds is 4. The van der Waals surface area contributed by atoms with E-state index in [4.69, 9.17) is 10.5 Å². The number of nitrogens with two attached hydrogens (primary N) is 1. The first-order valence-corrected chi connectivity index (χ1v) is 9.70. The molecule has 0 radical (unpaired) electrons. The van der Waals surface area contributed by atoms with E-state index in [1.165, 1.54) is 0 Å². The minimum absolute atomic E-state index is 0. The molecule has 7 heteroatoms. The Hall–Kier alpha value is -1.34. The highest BCUT2D eigenvalue weighted by Crippen LogP contribution is 2.33. The fraction of sp³-hybridized carbons (Fsp3) is 0.444. The van der Waals surface area contributed by atoms with Gasteiger partial charge in [-0.2, -0.15) is 4.31 Å². The molecule has 1 atom stereocenters. The zero-order chi connectivity index (χ0) is 17.3. The van der Waals surface area contributed by atoms with Gasteiger partial charge in [0.05, 0.1) is 12.0 Å². The second-order valence-electron chi connectivity index (χ2n) is 6.41. The van der Waals surface area contributed by atoms with Crippen molar-refractivity contribution in [3.05, 3.63) is 36.4 Å². The maximum absolute atomic E-state index is 13.1. The van der Waals surface area contributed by atoms with Gasteiger partial charge in [0, 0.05) is 29.9 Å². The fourth-order valence-electron chi connectivity index (χ4n) is 3.43. The zero-order valence-corrected chi connectivity index (χ0v) is 16.1. The molecule has 138 valence electrons. The summed E-state index contributed by atoms with van der Waals surface area (Å²) >= 11 is 0. The van der Waals surface area contributed by atoms with E-state index in [9.17, 15) is 8.42 Å². The Bertz CT molecular complexity index is 831. The molecule has 1 unspecified atom stereocenters. The first-order chi connectivity index (χ1) is 11.4. The third-order valence-electron chi connectivity index (χ3n) is 4.92. The van der Waals surface area contributed by atoms with Crippen LogP contribution in [0.5, 0.6) is 5.75 Å². The minimum Gasteiger partial charge on any atom is -0.496 e. The largest absolute Gasteiger partial charge is 0.496 e. The summed E-state index contributed by atoms with van der Waals surface area (Å²) in [5, 5.41) is 1.51. The van der Waals surface area contributed by atoms with Crippen LogP contribution in [0, 0.1) is 5.92 Å². The van der Waals surface area contributed by atoms with Gasteiger partial charge in [0.15, 0.2) is 0 Å². The lowest BCUT2D eigenvalue weighted by atomic mass is 9.92. The number of fused-ring (bicyclic) bond motifs is 1. The summed E-state index contributed by atoms with van der Waals surface area (Å²) in [5.41, 5.74) is 5.96. The van der Waals surface area contributed by atoms with Gasteiger partial charge in [0.1, 0.15) is 5.75 Å². The predicted octanol–water partition coefficient (Wildman–Crippen LogP) is 3.02. The molecule has 0 spiro atoms. The van der Waals surface area contributed by atoms with Crippen molar-refractivity contribution < 1.29 is 13.2 Å². The van der Waals surface area contributed by atoms with Gasteiger partial charge >= 0.3 is 0 Å². The molecule has 5 nitrogen and oxygen atoms in total. The Labute approximate surface area is 155 Å². The van der Waals surface area contributed by atoms with Gasteiger partial charge in [-0.05, 0) is 37.8 Å². The van der Waals surface area contributed by atoms with E-state index in [0.29, 0.717) is 35.0 Å². The normalized spacial score (nSPS) is 17.9. The topological polar surface area (TPSA) is 72.6 Å². The zero-order valence-electron chi connectivity index (χ0n) is 14.5. The van der Waals surface area contributed by atoms with Crippen LogP contribution in [0.2, 0.25) is 0 Å². The number of halogens is 1. The Kier molecular flexibility index (Phi) is 6.32. The summed E-state index contributed by atoms with van der Waals surface area (Å²) in [5.74, 6) is 1.07. The van der Waals surface area contributed by atoms with Crippen molar-refractivity contribution in [2.24, 2.45) is 11.7 Å². The second-order valence-corrected chi connectivity index (χ2v) is 8.32. The van der Waals surface area contributed by atoms with E-state index in [0.717, 1.165) is 18.2 Å². The fourth-order valence-corrected chi connectivity index (χ4v) is 5.09. The van der Waals surface area contributed by atoms with Crippen molar-refractivity contribution in [1.82, 2.24) is 4.31 Å². The highest BCUT2D eigenvalue weighted by molar-refractivity contribution is 7.89. The Morgan fingerprint density at radius 1 is 1.12 bits per heavy atom. The smallest absolute Gasteiger partial charge is 0.243 e. The predicted molar refractivity (Wildman–Crippen MR) is 103 cm³/mol. The van der Waals surface area contributed by atoms with Crippen LogP contribution in [0.4, 0.5) is 0 Å². The molecule has 2 aromatic rings. The number of piperidine rings is 1. The number of ether oxygens (including phenoxy) is 1. The standard InChI is InChI=1S/C18H24N2O3S.ClH/c1-13(19)14-9-11-20(12-10-14)24(21,22)18-8-7-17(23-2)15-5-3-4-6-16(15)18;/h3-8,13-14H,9-12,19H2,1-2H3;1H. The second kappa shape index (κ2) is 7.91. The van der Waals surface area contributed by atoms with E-state index in [2.05, 4.69) is 0 Å². The number of methoxy groups -OCH3 is 1. The van der Waals surface area contributed by atoms with Crippen LogP contribution in [0.3, 0.4) is 0 Å². The van der Waals surface area contributed by atoms with Crippen molar-refractivity contribution in [3.63, 3.8) is 0 Å². The quantitative estimate of drug-likeness (QED) is 0.879. The maximum Gasteiger partial charge on any atom is 0.243 e. The average Bonchev–Trinajstić information content (AvgIpc) is 2.60. The summed E-state index contributed by atoms with van der Waals surface area (Å²) < 4.78 is 33.2. The van der Waals surface area contributed by atoms with Gasteiger partial charge in [-0.15, -0.1) is 12.4 Å². The minimum atomic E-state index is -3.53. The summed E-state index contributed by atoms with van der Waals surface area (Å²) in [6, 6.07) is 10.9. The lowest BCUT2D eigenvalue weighted by Crippen LogP contribution is -2.42. The Balaban J connectivity index is 0.00000225. The van der Waals surface area contributed by atoms with E-state index >= 15 is 0 Å². The van der Waals surface area contributed by atoms with E-state index in [1.807, 2.05) is 31.2 Å². The molecule has 25 heavy (non-hydrogen) atoms. The van der Waals surface area contributed by atoms with Crippen molar-refractivity contribution in [3.8, 4) is 5.75 Å². The molecule has 0 bridgehead atoms. The molecule has 0 aromatic heterocycles. The lowest BCUT2D eigenvalue weighted by Gasteiger charge is -2.33. The molecule has 3 rings (SSSR count). The van der Waals surface area contributed by atoms with Crippen molar-refractivity contribution in [1.29, 1.82) is 0 Å². The van der Waals surface area contributed by atoms with Crippen LogP contribution in [-0.4, -0.2) is 39.0 Å². The maximum atomic E-state index is 13.1. The number of hydrogen-bond acceptors (Lipinski definition) is 4. The Morgan fingerprint density at radius 3 is 2.28 bits per heavy atom. The lowest BCUT2D eigenvalue weighted by molar-refractivity contribution is 0.251. The van der Waals surface area contributed by atoms with Crippen molar-refractivity contribution in [2.45, 2.75) is 30.7 Å². The third-order valence-corrected chi connectivity index (χ3v) is 6.88. The van der Waals surface area contributed by atoms with Gasteiger partial charge in [-0.3, -0.25) is 0 Å². The third kappa shape index (κ3) is 3.77. The monoisotopic (exact) mass is 384 g/mol. The molecular weight excluding hydrogens is 360 g/mol. The molecule has 1 heterocycles. The number of hydrogen-bond donors (Lipinski definition) is 1. The first-order valence-electron chi connectivity index (χ1n) is 8.26. The van der Waals surface area contributed by atoms with Crippen LogP contribution in [0.1, 0.15) is 19.8 Å². The van der Waals surface area contributed by atoms with Gasteiger partial charge in [0.25, 0.3) is 0 Å². The van der Waals surface area contributed by atoms with Gasteiger partial charge < -0.3 is 10.5 Å². The molecule has 0 amide bonds. The highest BCUT2D eigenvalue weighted by Gasteiger charge is 2.31. The number of benzene rings is 2. The van der Waals surface area contributed by atoms with Crippen molar-refractivity contribution in [2.75, 3.05) is 20.2 Å². The van der Waals surface area contributed by atoms with Crippen LogP contribution in [0.15, 0.2) is 41.3 Å². The summed E-state index contributed by atoms with van der Waals surface area (Å²) in [4.78, 5) is 0.346. The molecular formula is C18H25ClN2O3S. The Morgan fingerprint density at radius 2 is 1.72 bits per heavy atom. The number of nitrogens with zero attached hydrogens (tertiary/aromatic N) is 1. The van der Waals surface area contributed by atoms with E-state index in [-0.39, 0.29) is 18.4 Å². The van der Waals surface area contributed by atoms with Crippen molar-refractivity contribution >= 4 is 33.2 Å². The molecule has 2 N–H and O–H groups in total. The van der Waals surface area contributed by atoms with Crippen LogP contribution < -0.4 is 10.5 Å². The highest BCUT2D eigenvalue weighted by atomic mass is 35.5. The molecule has 1 aliphatic heterocycles. The SMILES string of the molecule is COc1ccc(S(=O)(=O)N2CCC(C(C)N)CC2)c2ccccc12.Cl. The first kappa shape index (κ1) is 20.0. The van der Waals surface area contributed by atoms with E-state index < -0.39 is 10.0 Å². The van der Waals surface area contributed by atoms with E-state index in [1.54, 1.807) is 23.5 Å². The molecule has 1 fully saturated rings. The average molecular weight is 385 g/mol. The van der Waals surface area contributed by atoms with Gasteiger partial charge in [-0.1, -0.05) is 24.3 Å². The summed E-state index contributed by atoms with van der Waals surface area (Å²) in [7, 11) is -1.93.